The molecule has 1 aliphatic carbocycles. The van der Waals surface area contributed by atoms with Gasteiger partial charge in [0, 0.05) is 6.04 Å². The van der Waals surface area contributed by atoms with Crippen LogP contribution in [0.2, 0.25) is 0 Å². The maximum Gasteiger partial charge on any atom is 0.185 e. The third-order valence-electron chi connectivity index (χ3n) is 4.21. The minimum atomic E-state index is -3.34. The summed E-state index contributed by atoms with van der Waals surface area (Å²) in [7, 11) is -3.34. The zero-order valence-corrected chi connectivity index (χ0v) is 14.4. The fraction of sp³-hybridized carbons (Fsp3) is 0.786. The Morgan fingerprint density at radius 3 is 2.71 bits per heavy atom. The molecule has 120 valence electrons. The molecular formula is C14H25N3O2S2. The van der Waals surface area contributed by atoms with E-state index >= 15 is 0 Å². The van der Waals surface area contributed by atoms with Crippen LogP contribution in [-0.4, -0.2) is 24.6 Å². The second kappa shape index (κ2) is 6.96. The summed E-state index contributed by atoms with van der Waals surface area (Å²) in [5.74, 6) is 0.857. The molecule has 2 atom stereocenters. The Kier molecular flexibility index (Phi) is 5.48. The smallest absolute Gasteiger partial charge is 0.185 e. The van der Waals surface area contributed by atoms with E-state index < -0.39 is 9.84 Å². The normalized spacial score (nSPS) is 23.1. The maximum atomic E-state index is 12.4. The van der Waals surface area contributed by atoms with Crippen molar-refractivity contribution in [3.05, 3.63) is 0 Å². The summed E-state index contributed by atoms with van der Waals surface area (Å²) >= 11 is 1.17. The summed E-state index contributed by atoms with van der Waals surface area (Å²) in [4.78, 5) is 0.217. The van der Waals surface area contributed by atoms with Crippen LogP contribution >= 0.6 is 11.5 Å². The molecule has 0 aliphatic heterocycles. The molecule has 1 aromatic heterocycles. The van der Waals surface area contributed by atoms with E-state index in [1.807, 2.05) is 6.92 Å². The van der Waals surface area contributed by atoms with Crippen LogP contribution in [0.15, 0.2) is 4.90 Å². The highest BCUT2D eigenvalue weighted by molar-refractivity contribution is 7.91. The standard InChI is InChI=1S/C14H25N3O2S2/c1-3-9-21(18,19)12-13(15)17-20-14(12)16-11-8-6-5-7-10(11)4-2/h10-11,16H,3-9H2,1-2H3,(H2,15,17). The number of rotatable bonds is 6. The molecule has 7 heteroatoms. The predicted octanol–water partition coefficient (Wildman–Crippen LogP) is 3.29. The number of anilines is 2. The minimum Gasteiger partial charge on any atom is -0.382 e. The van der Waals surface area contributed by atoms with Gasteiger partial charge >= 0.3 is 0 Å². The van der Waals surface area contributed by atoms with Gasteiger partial charge in [0.2, 0.25) is 0 Å². The summed E-state index contributed by atoms with van der Waals surface area (Å²) in [6, 6.07) is 0.333. The van der Waals surface area contributed by atoms with Gasteiger partial charge in [0.1, 0.15) is 9.90 Å². The molecule has 2 unspecified atom stereocenters. The highest BCUT2D eigenvalue weighted by Crippen LogP contribution is 2.36. The topological polar surface area (TPSA) is 85.1 Å². The molecule has 1 aromatic rings. The number of hydrogen-bond acceptors (Lipinski definition) is 6. The van der Waals surface area contributed by atoms with Crippen LogP contribution in [-0.2, 0) is 9.84 Å². The van der Waals surface area contributed by atoms with Crippen molar-refractivity contribution in [2.75, 3.05) is 16.8 Å². The van der Waals surface area contributed by atoms with Gasteiger partial charge in [-0.25, -0.2) is 8.42 Å². The molecule has 1 saturated carbocycles. The van der Waals surface area contributed by atoms with Crippen LogP contribution in [0.25, 0.3) is 0 Å². The van der Waals surface area contributed by atoms with Gasteiger partial charge in [-0.1, -0.05) is 33.1 Å². The molecule has 21 heavy (non-hydrogen) atoms. The lowest BCUT2D eigenvalue weighted by molar-refractivity contribution is 0.317. The second-order valence-electron chi connectivity index (χ2n) is 5.75. The number of sulfone groups is 1. The molecule has 2 rings (SSSR count). The Morgan fingerprint density at radius 2 is 2.05 bits per heavy atom. The average Bonchev–Trinajstić information content (AvgIpc) is 2.81. The highest BCUT2D eigenvalue weighted by atomic mass is 32.2. The van der Waals surface area contributed by atoms with E-state index in [0.29, 0.717) is 23.4 Å². The van der Waals surface area contributed by atoms with Crippen LogP contribution < -0.4 is 11.1 Å². The first-order valence-electron chi connectivity index (χ1n) is 7.74. The SMILES string of the molecule is CCCS(=O)(=O)c1c(N)nsc1NC1CCCCC1CC. The van der Waals surface area contributed by atoms with Gasteiger partial charge in [-0.15, -0.1) is 0 Å². The number of nitrogens with one attached hydrogen (secondary N) is 1. The van der Waals surface area contributed by atoms with Crippen LogP contribution in [0.4, 0.5) is 10.8 Å². The van der Waals surface area contributed by atoms with E-state index in [2.05, 4.69) is 16.6 Å². The fourth-order valence-corrected chi connectivity index (χ4v) is 5.78. The Morgan fingerprint density at radius 1 is 1.33 bits per heavy atom. The lowest BCUT2D eigenvalue weighted by Crippen LogP contribution is -2.32. The van der Waals surface area contributed by atoms with E-state index in [9.17, 15) is 8.42 Å². The van der Waals surface area contributed by atoms with Crippen molar-refractivity contribution >= 4 is 32.2 Å². The lowest BCUT2D eigenvalue weighted by Gasteiger charge is -2.31. The van der Waals surface area contributed by atoms with Crippen molar-refractivity contribution < 1.29 is 8.42 Å². The summed E-state index contributed by atoms with van der Waals surface area (Å²) in [6.07, 6.45) is 6.45. The van der Waals surface area contributed by atoms with Gasteiger partial charge < -0.3 is 11.1 Å². The molecule has 1 fully saturated rings. The first-order valence-corrected chi connectivity index (χ1v) is 10.2. The van der Waals surface area contributed by atoms with Crippen molar-refractivity contribution in [1.29, 1.82) is 0 Å². The predicted molar refractivity (Wildman–Crippen MR) is 88.5 cm³/mol. The van der Waals surface area contributed by atoms with Crippen molar-refractivity contribution in [3.63, 3.8) is 0 Å². The summed E-state index contributed by atoms with van der Waals surface area (Å²) in [6.45, 7) is 4.05. The van der Waals surface area contributed by atoms with Crippen molar-refractivity contribution in [2.24, 2.45) is 5.92 Å². The molecule has 0 saturated heterocycles. The fourth-order valence-electron chi connectivity index (χ4n) is 3.11. The molecule has 1 heterocycles. The van der Waals surface area contributed by atoms with Crippen LogP contribution in [0, 0.1) is 5.92 Å². The number of aromatic nitrogens is 1. The third-order valence-corrected chi connectivity index (χ3v) is 7.11. The molecule has 3 N–H and O–H groups in total. The maximum absolute atomic E-state index is 12.4. The van der Waals surface area contributed by atoms with E-state index in [0.717, 1.165) is 12.8 Å². The molecule has 0 aromatic carbocycles. The first-order chi connectivity index (χ1) is 9.99. The monoisotopic (exact) mass is 331 g/mol. The third kappa shape index (κ3) is 3.69. The van der Waals surface area contributed by atoms with E-state index in [4.69, 9.17) is 5.73 Å². The van der Waals surface area contributed by atoms with Crippen LogP contribution in [0.5, 0.6) is 0 Å². The Balaban J connectivity index is 2.25. The minimum absolute atomic E-state index is 0.117. The number of hydrogen-bond donors (Lipinski definition) is 2. The van der Waals surface area contributed by atoms with Gasteiger partial charge in [0.25, 0.3) is 0 Å². The average molecular weight is 332 g/mol. The Bertz CT molecular complexity index is 569. The molecule has 0 bridgehead atoms. The van der Waals surface area contributed by atoms with Gasteiger partial charge in [-0.2, -0.15) is 4.37 Å². The van der Waals surface area contributed by atoms with E-state index in [1.165, 1.54) is 30.8 Å². The highest BCUT2D eigenvalue weighted by Gasteiger charge is 2.29. The van der Waals surface area contributed by atoms with Gasteiger partial charge in [-0.05, 0) is 36.7 Å². The van der Waals surface area contributed by atoms with Crippen LogP contribution in [0.1, 0.15) is 52.4 Å². The molecule has 0 spiro atoms. The van der Waals surface area contributed by atoms with Gasteiger partial charge in [0.15, 0.2) is 15.7 Å². The summed E-state index contributed by atoms with van der Waals surface area (Å²) in [5.41, 5.74) is 5.81. The Hall–Kier alpha value is -0.820. The second-order valence-corrected chi connectivity index (χ2v) is 8.57. The Labute approximate surface area is 131 Å². The molecule has 1 aliphatic rings. The zero-order chi connectivity index (χ0) is 15.5. The largest absolute Gasteiger partial charge is 0.382 e. The molecule has 0 amide bonds. The molecule has 5 nitrogen and oxygen atoms in total. The molecule has 0 radical (unpaired) electrons. The van der Waals surface area contributed by atoms with Gasteiger partial charge in [0.05, 0.1) is 5.75 Å². The lowest BCUT2D eigenvalue weighted by atomic mass is 9.83. The summed E-state index contributed by atoms with van der Waals surface area (Å²) < 4.78 is 28.8. The number of nitrogens with two attached hydrogens (primary N) is 1. The van der Waals surface area contributed by atoms with E-state index in [1.54, 1.807) is 0 Å². The number of nitrogens with zero attached hydrogens (tertiary/aromatic N) is 1. The van der Waals surface area contributed by atoms with Gasteiger partial charge in [-0.3, -0.25) is 0 Å². The zero-order valence-electron chi connectivity index (χ0n) is 12.8. The van der Waals surface area contributed by atoms with E-state index in [-0.39, 0.29) is 16.5 Å². The summed E-state index contributed by atoms with van der Waals surface area (Å²) in [5, 5.41) is 4.06. The number of nitrogen functional groups attached to an aromatic ring is 1. The van der Waals surface area contributed by atoms with Crippen LogP contribution in [0.3, 0.4) is 0 Å². The van der Waals surface area contributed by atoms with Crippen molar-refractivity contribution in [3.8, 4) is 0 Å². The quantitative estimate of drug-likeness (QED) is 0.835. The first kappa shape index (κ1) is 16.5. The molecular weight excluding hydrogens is 306 g/mol. The van der Waals surface area contributed by atoms with Crippen molar-refractivity contribution in [2.45, 2.75) is 63.3 Å². The van der Waals surface area contributed by atoms with Crippen molar-refractivity contribution in [1.82, 2.24) is 4.37 Å².